The Labute approximate surface area is 125 Å². The number of Topliss-reactive ketones (excluding diaryl/α,β-unsaturated/α-hetero) is 2. The first-order chi connectivity index (χ1) is 10.4. The molecule has 0 unspecified atom stereocenters. The summed E-state index contributed by atoms with van der Waals surface area (Å²) >= 11 is 0. The van der Waals surface area contributed by atoms with Gasteiger partial charge in [-0.15, -0.1) is 0 Å². The van der Waals surface area contributed by atoms with Gasteiger partial charge in [0, 0.05) is 13.8 Å². The first-order valence-electron chi connectivity index (χ1n) is 6.36. The van der Waals surface area contributed by atoms with E-state index < -0.39 is 23.5 Å². The lowest BCUT2D eigenvalue weighted by Gasteiger charge is -2.06. The van der Waals surface area contributed by atoms with Crippen molar-refractivity contribution in [2.45, 2.75) is 13.8 Å². The molecule has 6 heteroatoms. The molecule has 0 saturated carbocycles. The number of rotatable bonds is 4. The lowest BCUT2D eigenvalue weighted by atomic mass is 10.1. The third-order valence-electron chi connectivity index (χ3n) is 2.78. The van der Waals surface area contributed by atoms with Gasteiger partial charge in [-0.2, -0.15) is 0 Å². The molecule has 0 atom stereocenters. The van der Waals surface area contributed by atoms with Gasteiger partial charge in [-0.1, -0.05) is 12.1 Å². The lowest BCUT2D eigenvalue weighted by molar-refractivity contribution is -0.146. The Balaban J connectivity index is 2.25. The largest absolute Gasteiger partial charge is 0.421 e. The standard InChI is InChI=1S/C16H12O6/c1-9(17)15(19)21-13-5-3-12-8-14(6-4-11(12)7-13)22-16(20)10(2)18/h3-8H,1-2H3. The maximum atomic E-state index is 11.2. The minimum absolute atomic E-state index is 0.237. The molecular formula is C16H12O6. The van der Waals surface area contributed by atoms with Crippen molar-refractivity contribution in [1.29, 1.82) is 0 Å². The van der Waals surface area contributed by atoms with E-state index in [4.69, 9.17) is 9.47 Å². The number of esters is 2. The summed E-state index contributed by atoms with van der Waals surface area (Å²) in [6, 6.07) is 9.46. The van der Waals surface area contributed by atoms with Crippen LogP contribution in [0.1, 0.15) is 13.8 Å². The van der Waals surface area contributed by atoms with E-state index in [0.29, 0.717) is 0 Å². The highest BCUT2D eigenvalue weighted by Crippen LogP contribution is 2.25. The van der Waals surface area contributed by atoms with Gasteiger partial charge in [-0.3, -0.25) is 9.59 Å². The van der Waals surface area contributed by atoms with Crippen molar-refractivity contribution in [3.63, 3.8) is 0 Å². The van der Waals surface area contributed by atoms with Gasteiger partial charge in [-0.05, 0) is 35.0 Å². The van der Waals surface area contributed by atoms with Crippen LogP contribution < -0.4 is 9.47 Å². The Morgan fingerprint density at radius 2 is 1.05 bits per heavy atom. The topological polar surface area (TPSA) is 86.7 Å². The number of carbonyl (C=O) groups excluding carboxylic acids is 4. The van der Waals surface area contributed by atoms with E-state index in [1.165, 1.54) is 12.1 Å². The molecule has 0 aliphatic carbocycles. The summed E-state index contributed by atoms with van der Waals surface area (Å²) in [5.74, 6) is -2.78. The number of hydrogen-bond acceptors (Lipinski definition) is 6. The van der Waals surface area contributed by atoms with Gasteiger partial charge in [0.15, 0.2) is 0 Å². The molecule has 2 aromatic carbocycles. The molecule has 0 aliphatic heterocycles. The highest BCUT2D eigenvalue weighted by atomic mass is 16.5. The summed E-state index contributed by atoms with van der Waals surface area (Å²) in [6.07, 6.45) is 0. The quantitative estimate of drug-likeness (QED) is 0.486. The first kappa shape index (κ1) is 15.4. The maximum Gasteiger partial charge on any atom is 0.379 e. The van der Waals surface area contributed by atoms with Crippen LogP contribution in [0.3, 0.4) is 0 Å². The summed E-state index contributed by atoms with van der Waals surface area (Å²) in [4.78, 5) is 44.2. The van der Waals surface area contributed by atoms with Gasteiger partial charge >= 0.3 is 11.9 Å². The summed E-state index contributed by atoms with van der Waals surface area (Å²) in [5.41, 5.74) is 0. The minimum Gasteiger partial charge on any atom is -0.421 e. The normalized spacial score (nSPS) is 10.1. The van der Waals surface area contributed by atoms with Crippen LogP contribution in [0.4, 0.5) is 0 Å². The number of carbonyl (C=O) groups is 4. The molecule has 22 heavy (non-hydrogen) atoms. The zero-order valence-electron chi connectivity index (χ0n) is 11.9. The Bertz CT molecular complexity index is 723. The molecule has 0 amide bonds. The van der Waals surface area contributed by atoms with Gasteiger partial charge in [-0.25, -0.2) is 9.59 Å². The summed E-state index contributed by atoms with van der Waals surface area (Å²) in [5, 5.41) is 1.44. The van der Waals surface area contributed by atoms with Crippen molar-refractivity contribution in [1.82, 2.24) is 0 Å². The van der Waals surface area contributed by atoms with E-state index in [0.717, 1.165) is 24.6 Å². The van der Waals surface area contributed by atoms with Gasteiger partial charge in [0.1, 0.15) is 11.5 Å². The predicted molar refractivity (Wildman–Crippen MR) is 76.6 cm³/mol. The van der Waals surface area contributed by atoms with Crippen LogP contribution in [-0.2, 0) is 19.2 Å². The van der Waals surface area contributed by atoms with Crippen LogP contribution in [0, 0.1) is 0 Å². The molecule has 0 radical (unpaired) electrons. The lowest BCUT2D eigenvalue weighted by Crippen LogP contribution is -2.17. The summed E-state index contributed by atoms with van der Waals surface area (Å²) in [7, 11) is 0. The molecule has 0 heterocycles. The van der Waals surface area contributed by atoms with E-state index in [2.05, 4.69) is 0 Å². The van der Waals surface area contributed by atoms with Crippen LogP contribution >= 0.6 is 0 Å². The van der Waals surface area contributed by atoms with Gasteiger partial charge < -0.3 is 9.47 Å². The van der Waals surface area contributed by atoms with Crippen LogP contribution in [0.5, 0.6) is 11.5 Å². The Morgan fingerprint density at radius 1 is 0.682 bits per heavy atom. The van der Waals surface area contributed by atoms with E-state index >= 15 is 0 Å². The van der Waals surface area contributed by atoms with Gasteiger partial charge in [0.05, 0.1) is 0 Å². The zero-order valence-corrected chi connectivity index (χ0v) is 11.9. The fraction of sp³-hybridized carbons (Fsp3) is 0.125. The van der Waals surface area contributed by atoms with Crippen LogP contribution in [0.15, 0.2) is 36.4 Å². The molecular weight excluding hydrogens is 288 g/mol. The van der Waals surface area contributed by atoms with Crippen LogP contribution in [0.25, 0.3) is 10.8 Å². The highest BCUT2D eigenvalue weighted by molar-refractivity contribution is 6.33. The predicted octanol–water partition coefficient (Wildman–Crippen LogP) is 1.83. The average Bonchev–Trinajstić information content (AvgIpc) is 2.47. The Hall–Kier alpha value is -3.02. The summed E-state index contributed by atoms with van der Waals surface area (Å²) < 4.78 is 9.78. The van der Waals surface area contributed by atoms with Gasteiger partial charge in [0.25, 0.3) is 0 Å². The fourth-order valence-electron chi connectivity index (χ4n) is 1.69. The Morgan fingerprint density at radius 3 is 1.36 bits per heavy atom. The smallest absolute Gasteiger partial charge is 0.379 e. The number of ketones is 2. The molecule has 0 N–H and O–H groups in total. The number of benzene rings is 2. The molecule has 2 rings (SSSR count). The SMILES string of the molecule is CC(=O)C(=O)Oc1ccc2cc(OC(=O)C(C)=O)ccc2c1. The molecule has 0 saturated heterocycles. The van der Waals surface area contributed by atoms with Crippen molar-refractivity contribution < 1.29 is 28.7 Å². The van der Waals surface area contributed by atoms with Crippen molar-refractivity contribution in [3.05, 3.63) is 36.4 Å². The van der Waals surface area contributed by atoms with E-state index in [9.17, 15) is 19.2 Å². The molecule has 2 aromatic rings. The second kappa shape index (κ2) is 6.17. The number of ether oxygens (including phenoxy) is 2. The van der Waals surface area contributed by atoms with E-state index in [1.807, 2.05) is 0 Å². The Kier molecular flexibility index (Phi) is 4.31. The van der Waals surface area contributed by atoms with Crippen molar-refractivity contribution in [2.24, 2.45) is 0 Å². The van der Waals surface area contributed by atoms with Crippen molar-refractivity contribution in [3.8, 4) is 11.5 Å². The number of fused-ring (bicyclic) bond motifs is 1. The van der Waals surface area contributed by atoms with Crippen molar-refractivity contribution in [2.75, 3.05) is 0 Å². The zero-order chi connectivity index (χ0) is 16.3. The molecule has 0 aliphatic rings. The maximum absolute atomic E-state index is 11.2. The average molecular weight is 300 g/mol. The van der Waals surface area contributed by atoms with Gasteiger partial charge in [0.2, 0.25) is 11.6 Å². The molecule has 112 valence electrons. The van der Waals surface area contributed by atoms with Crippen LogP contribution in [0.2, 0.25) is 0 Å². The highest BCUT2D eigenvalue weighted by Gasteiger charge is 2.12. The molecule has 0 aromatic heterocycles. The van der Waals surface area contributed by atoms with E-state index in [1.54, 1.807) is 24.3 Å². The number of hydrogen-bond donors (Lipinski definition) is 0. The molecule has 0 spiro atoms. The monoisotopic (exact) mass is 300 g/mol. The van der Waals surface area contributed by atoms with Crippen LogP contribution in [-0.4, -0.2) is 23.5 Å². The third kappa shape index (κ3) is 3.54. The fourth-order valence-corrected chi connectivity index (χ4v) is 1.69. The van der Waals surface area contributed by atoms with E-state index in [-0.39, 0.29) is 11.5 Å². The molecule has 0 bridgehead atoms. The molecule has 0 fully saturated rings. The first-order valence-corrected chi connectivity index (χ1v) is 6.36. The minimum atomic E-state index is -0.939. The second-order valence-electron chi connectivity index (χ2n) is 4.56. The second-order valence-corrected chi connectivity index (χ2v) is 4.56. The molecule has 6 nitrogen and oxygen atoms in total. The summed E-state index contributed by atoms with van der Waals surface area (Å²) in [6.45, 7) is 2.25. The van der Waals surface area contributed by atoms with Crippen molar-refractivity contribution >= 4 is 34.3 Å². The third-order valence-corrected chi connectivity index (χ3v) is 2.78.